The molecule has 3 heterocycles. The van der Waals surface area contributed by atoms with Crippen molar-refractivity contribution in [2.24, 2.45) is 0 Å². The van der Waals surface area contributed by atoms with E-state index in [-0.39, 0.29) is 12.8 Å². The maximum absolute atomic E-state index is 10.7. The van der Waals surface area contributed by atoms with Crippen LogP contribution in [0.5, 0.6) is 11.5 Å². The van der Waals surface area contributed by atoms with E-state index in [9.17, 15) is 15.3 Å². The molecule has 0 amide bonds. The highest BCUT2D eigenvalue weighted by Crippen LogP contribution is 2.56. The molecule has 22 heavy (non-hydrogen) atoms. The third-order valence-corrected chi connectivity index (χ3v) is 5.55. The van der Waals surface area contributed by atoms with Gasteiger partial charge in [0.15, 0.2) is 11.5 Å². The SMILES string of the molecule is OC1CN2[C@H](O)c3cc4c(cc3[C@]13C=C[C@H](O)C[C@H]23)OCO4. The molecule has 1 fully saturated rings. The Bertz CT molecular complexity index is 689. The van der Waals surface area contributed by atoms with Crippen molar-refractivity contribution in [2.75, 3.05) is 13.3 Å². The number of ether oxygens (including phenoxy) is 2. The number of benzene rings is 1. The van der Waals surface area contributed by atoms with Crippen LogP contribution in [0, 0.1) is 0 Å². The van der Waals surface area contributed by atoms with Gasteiger partial charge in [-0.25, -0.2) is 0 Å². The van der Waals surface area contributed by atoms with Gasteiger partial charge in [0, 0.05) is 18.2 Å². The van der Waals surface area contributed by atoms with Gasteiger partial charge >= 0.3 is 0 Å². The van der Waals surface area contributed by atoms with E-state index in [4.69, 9.17) is 9.47 Å². The molecule has 0 spiro atoms. The molecular weight excluding hydrogens is 286 g/mol. The van der Waals surface area contributed by atoms with Crippen molar-refractivity contribution in [1.29, 1.82) is 0 Å². The van der Waals surface area contributed by atoms with Crippen LogP contribution in [0.25, 0.3) is 0 Å². The van der Waals surface area contributed by atoms with E-state index < -0.39 is 23.9 Å². The van der Waals surface area contributed by atoms with Crippen LogP contribution in [0.3, 0.4) is 0 Å². The molecule has 5 rings (SSSR count). The molecule has 2 unspecified atom stereocenters. The molecule has 0 saturated carbocycles. The molecule has 2 bridgehead atoms. The van der Waals surface area contributed by atoms with Gasteiger partial charge in [0.2, 0.25) is 6.79 Å². The highest BCUT2D eigenvalue weighted by Gasteiger charge is 2.60. The molecule has 1 saturated heterocycles. The quantitative estimate of drug-likeness (QED) is 0.586. The largest absolute Gasteiger partial charge is 0.454 e. The predicted octanol–water partition coefficient (Wildman–Crippen LogP) is 0.0235. The summed E-state index contributed by atoms with van der Waals surface area (Å²) in [6.45, 7) is 0.551. The highest BCUT2D eigenvalue weighted by atomic mass is 16.7. The zero-order valence-electron chi connectivity index (χ0n) is 11.8. The predicted molar refractivity (Wildman–Crippen MR) is 75.5 cm³/mol. The summed E-state index contributed by atoms with van der Waals surface area (Å²) >= 11 is 0. The minimum absolute atomic E-state index is 0.120. The lowest BCUT2D eigenvalue weighted by atomic mass is 9.65. The van der Waals surface area contributed by atoms with Gasteiger partial charge in [-0.3, -0.25) is 4.90 Å². The molecular formula is C16H17NO5. The lowest BCUT2D eigenvalue weighted by Gasteiger charge is -2.47. The first kappa shape index (κ1) is 12.9. The van der Waals surface area contributed by atoms with Gasteiger partial charge in [-0.1, -0.05) is 12.2 Å². The van der Waals surface area contributed by atoms with Crippen LogP contribution in [0.15, 0.2) is 24.3 Å². The van der Waals surface area contributed by atoms with Gasteiger partial charge in [0.25, 0.3) is 0 Å². The number of hydrogen-bond donors (Lipinski definition) is 3. The molecule has 6 nitrogen and oxygen atoms in total. The molecule has 3 aliphatic heterocycles. The van der Waals surface area contributed by atoms with Gasteiger partial charge in [0.1, 0.15) is 6.23 Å². The molecule has 3 N–H and O–H groups in total. The van der Waals surface area contributed by atoms with Gasteiger partial charge < -0.3 is 24.8 Å². The fourth-order valence-electron chi connectivity index (χ4n) is 4.55. The lowest BCUT2D eigenvalue weighted by molar-refractivity contribution is -0.0364. The van der Waals surface area contributed by atoms with Crippen LogP contribution in [-0.4, -0.2) is 51.8 Å². The number of hydrogen-bond acceptors (Lipinski definition) is 6. The van der Waals surface area contributed by atoms with E-state index in [0.717, 1.165) is 11.1 Å². The Balaban J connectivity index is 1.79. The second kappa shape index (κ2) is 4.02. The van der Waals surface area contributed by atoms with Crippen LogP contribution in [0.4, 0.5) is 0 Å². The monoisotopic (exact) mass is 303 g/mol. The molecule has 6 atom stereocenters. The lowest BCUT2D eigenvalue weighted by Crippen LogP contribution is -2.53. The number of aliphatic hydroxyl groups excluding tert-OH is 3. The third-order valence-electron chi connectivity index (χ3n) is 5.55. The summed E-state index contributed by atoms with van der Waals surface area (Å²) in [5, 5.41) is 31.4. The number of rotatable bonds is 0. The van der Waals surface area contributed by atoms with E-state index in [1.165, 1.54) is 0 Å². The molecule has 0 radical (unpaired) electrons. The fourth-order valence-corrected chi connectivity index (χ4v) is 4.55. The minimum atomic E-state index is -0.807. The van der Waals surface area contributed by atoms with E-state index in [2.05, 4.69) is 0 Å². The van der Waals surface area contributed by atoms with E-state index in [0.29, 0.717) is 24.5 Å². The molecule has 1 aromatic carbocycles. The van der Waals surface area contributed by atoms with Crippen LogP contribution < -0.4 is 9.47 Å². The Hall–Kier alpha value is -1.60. The zero-order chi connectivity index (χ0) is 15.1. The summed E-state index contributed by atoms with van der Waals surface area (Å²) in [7, 11) is 0. The second-order valence-corrected chi connectivity index (χ2v) is 6.49. The summed E-state index contributed by atoms with van der Waals surface area (Å²) in [6, 6.07) is 3.57. The topological polar surface area (TPSA) is 82.4 Å². The first-order valence-corrected chi connectivity index (χ1v) is 7.54. The Kier molecular flexibility index (Phi) is 2.36. The van der Waals surface area contributed by atoms with Crippen LogP contribution >= 0.6 is 0 Å². The van der Waals surface area contributed by atoms with Crippen molar-refractivity contribution in [2.45, 2.75) is 36.3 Å². The molecule has 0 aromatic heterocycles. The van der Waals surface area contributed by atoms with Gasteiger partial charge in [0.05, 0.1) is 17.6 Å². The Labute approximate surface area is 127 Å². The molecule has 116 valence electrons. The molecule has 6 heteroatoms. The van der Waals surface area contributed by atoms with Gasteiger partial charge in [-0.2, -0.15) is 0 Å². The van der Waals surface area contributed by atoms with Crippen LogP contribution in [0.2, 0.25) is 0 Å². The maximum atomic E-state index is 10.7. The normalized spacial score (nSPS) is 43.9. The van der Waals surface area contributed by atoms with E-state index in [1.54, 1.807) is 6.08 Å². The highest BCUT2D eigenvalue weighted by molar-refractivity contribution is 5.57. The van der Waals surface area contributed by atoms with Gasteiger partial charge in [-0.15, -0.1) is 0 Å². The first-order valence-electron chi connectivity index (χ1n) is 7.54. The average molecular weight is 303 g/mol. The van der Waals surface area contributed by atoms with Crippen LogP contribution in [0.1, 0.15) is 23.8 Å². The number of nitrogens with zero attached hydrogens (tertiary/aromatic N) is 1. The van der Waals surface area contributed by atoms with Crippen molar-refractivity contribution in [3.8, 4) is 11.5 Å². The maximum Gasteiger partial charge on any atom is 0.231 e. The van der Waals surface area contributed by atoms with Crippen molar-refractivity contribution >= 4 is 0 Å². The third kappa shape index (κ3) is 1.34. The van der Waals surface area contributed by atoms with Crippen LogP contribution in [-0.2, 0) is 5.41 Å². The second-order valence-electron chi connectivity index (χ2n) is 6.49. The summed E-state index contributed by atoms with van der Waals surface area (Å²) in [4.78, 5) is 1.88. The molecule has 4 aliphatic rings. The standard InChI is InChI=1S/C16H17NO5/c18-8-1-2-16-10-5-12-11(21-7-22-12)4-9(10)15(20)17(6-14(16)19)13(16)3-8/h1-2,4-5,8,13-15,18-20H,3,6-7H2/t8-,13-,14?,15+,16-/m0/s1. The van der Waals surface area contributed by atoms with Crippen molar-refractivity contribution in [1.82, 2.24) is 4.90 Å². The van der Waals surface area contributed by atoms with E-state index >= 15 is 0 Å². The van der Waals surface area contributed by atoms with Crippen molar-refractivity contribution in [3.63, 3.8) is 0 Å². The summed E-state index contributed by atoms with van der Waals surface area (Å²) in [5.41, 5.74) is 1.02. The van der Waals surface area contributed by atoms with E-state index in [1.807, 2.05) is 23.1 Å². The summed E-state index contributed by atoms with van der Waals surface area (Å²) in [6.07, 6.45) is 2.17. The Morgan fingerprint density at radius 2 is 1.91 bits per heavy atom. The fraction of sp³-hybridized carbons (Fsp3) is 0.500. The van der Waals surface area contributed by atoms with Crippen molar-refractivity contribution < 1.29 is 24.8 Å². The smallest absolute Gasteiger partial charge is 0.231 e. The number of fused-ring (bicyclic) bond motifs is 2. The Morgan fingerprint density at radius 3 is 2.73 bits per heavy atom. The first-order chi connectivity index (χ1) is 10.6. The minimum Gasteiger partial charge on any atom is -0.454 e. The number of aliphatic hydroxyl groups is 3. The average Bonchev–Trinajstić information content (AvgIpc) is 3.05. The summed E-state index contributed by atoms with van der Waals surface area (Å²) in [5.74, 6) is 1.27. The zero-order valence-corrected chi connectivity index (χ0v) is 11.8. The molecule has 1 aromatic rings. The Morgan fingerprint density at radius 1 is 1.14 bits per heavy atom. The van der Waals surface area contributed by atoms with Crippen molar-refractivity contribution in [3.05, 3.63) is 35.4 Å². The summed E-state index contributed by atoms with van der Waals surface area (Å²) < 4.78 is 10.9. The molecule has 1 aliphatic carbocycles. The van der Waals surface area contributed by atoms with Gasteiger partial charge in [-0.05, 0) is 24.1 Å².